The van der Waals surface area contributed by atoms with Gasteiger partial charge in [0.2, 0.25) is 0 Å². The molecule has 2 saturated heterocycles. The van der Waals surface area contributed by atoms with E-state index in [9.17, 15) is 10.1 Å². The van der Waals surface area contributed by atoms with Crippen LogP contribution in [0.1, 0.15) is 35.0 Å². The summed E-state index contributed by atoms with van der Waals surface area (Å²) >= 11 is 1.67. The lowest BCUT2D eigenvalue weighted by atomic mass is 9.63. The van der Waals surface area contributed by atoms with Crippen molar-refractivity contribution in [2.75, 3.05) is 24.6 Å². The summed E-state index contributed by atoms with van der Waals surface area (Å²) in [5.41, 5.74) is 2.49. The highest BCUT2D eigenvalue weighted by molar-refractivity contribution is 7.09. The van der Waals surface area contributed by atoms with E-state index < -0.39 is 0 Å². The first-order valence-corrected chi connectivity index (χ1v) is 10.5. The maximum absolute atomic E-state index is 13.1. The largest absolute Gasteiger partial charge is 0.371 e. The van der Waals surface area contributed by atoms with Crippen molar-refractivity contribution in [3.05, 3.63) is 45.9 Å². The maximum Gasteiger partial charge on any atom is 0.322 e. The fraction of sp³-hybridized carbons (Fsp3) is 0.476. The number of ether oxygens (including phenoxy) is 1. The molecule has 2 amide bonds. The first-order valence-electron chi connectivity index (χ1n) is 9.62. The zero-order valence-corrected chi connectivity index (χ0v) is 16.6. The van der Waals surface area contributed by atoms with Gasteiger partial charge in [0.25, 0.3) is 0 Å². The Hall–Kier alpha value is -2.43. The summed E-state index contributed by atoms with van der Waals surface area (Å²) in [6, 6.07) is 10.3. The number of carbonyl (C=O) groups excluding carboxylic acids is 1. The van der Waals surface area contributed by atoms with Crippen LogP contribution in [0.25, 0.3) is 0 Å². The van der Waals surface area contributed by atoms with E-state index >= 15 is 0 Å². The molecule has 4 heterocycles. The molecule has 3 aliphatic heterocycles. The summed E-state index contributed by atoms with van der Waals surface area (Å²) in [6.45, 7) is 3.56. The van der Waals surface area contributed by atoms with Crippen LogP contribution in [0.5, 0.6) is 0 Å². The number of thiazole rings is 1. The Kier molecular flexibility index (Phi) is 3.97. The van der Waals surface area contributed by atoms with Crippen LogP contribution in [-0.2, 0) is 11.2 Å². The molecule has 28 heavy (non-hydrogen) atoms. The first-order chi connectivity index (χ1) is 13.5. The van der Waals surface area contributed by atoms with Gasteiger partial charge in [0.15, 0.2) is 0 Å². The highest BCUT2D eigenvalue weighted by atomic mass is 32.1. The number of rotatable bonds is 3. The normalized spacial score (nSPS) is 30.3. The third-order valence-corrected chi connectivity index (χ3v) is 7.28. The van der Waals surface area contributed by atoms with Gasteiger partial charge in [-0.15, -0.1) is 11.3 Å². The van der Waals surface area contributed by atoms with Gasteiger partial charge in [0.05, 0.1) is 28.7 Å². The molecule has 0 spiro atoms. The molecule has 1 aliphatic carbocycles. The van der Waals surface area contributed by atoms with E-state index in [4.69, 9.17) is 4.74 Å². The average molecular weight is 395 g/mol. The number of aryl methyl sites for hydroxylation is 1. The molecule has 3 fully saturated rings. The minimum atomic E-state index is -0.355. The predicted molar refractivity (Wildman–Crippen MR) is 106 cm³/mol. The number of nitriles is 1. The smallest absolute Gasteiger partial charge is 0.322 e. The zero-order valence-electron chi connectivity index (χ0n) is 15.8. The highest BCUT2D eigenvalue weighted by Gasteiger charge is 2.63. The van der Waals surface area contributed by atoms with Gasteiger partial charge in [-0.2, -0.15) is 5.26 Å². The Labute approximate surface area is 168 Å². The van der Waals surface area contributed by atoms with Gasteiger partial charge < -0.3 is 10.1 Å². The number of anilines is 1. The van der Waals surface area contributed by atoms with E-state index in [2.05, 4.69) is 27.8 Å². The third kappa shape index (κ3) is 2.79. The Morgan fingerprint density at radius 2 is 2.29 bits per heavy atom. The van der Waals surface area contributed by atoms with Crippen molar-refractivity contribution in [2.45, 2.75) is 37.7 Å². The Bertz CT molecular complexity index is 973. The molecule has 6 rings (SSSR count). The summed E-state index contributed by atoms with van der Waals surface area (Å²) in [6.07, 6.45) is 2.33. The molecule has 6 nitrogen and oxygen atoms in total. The zero-order chi connectivity index (χ0) is 19.4. The van der Waals surface area contributed by atoms with Crippen LogP contribution in [-0.4, -0.2) is 36.3 Å². The molecule has 1 aromatic carbocycles. The lowest BCUT2D eigenvalue weighted by Crippen LogP contribution is -2.54. The lowest BCUT2D eigenvalue weighted by molar-refractivity contribution is -0.00211. The quantitative estimate of drug-likeness (QED) is 0.866. The molecule has 7 heteroatoms. The number of para-hydroxylation sites is 1. The first kappa shape index (κ1) is 17.7. The van der Waals surface area contributed by atoms with Crippen LogP contribution in [0, 0.1) is 23.7 Å². The predicted octanol–water partition coefficient (Wildman–Crippen LogP) is 3.38. The van der Waals surface area contributed by atoms with Crippen LogP contribution < -0.4 is 10.2 Å². The summed E-state index contributed by atoms with van der Waals surface area (Å²) in [7, 11) is 0. The third-order valence-electron chi connectivity index (χ3n) is 6.16. The number of aromatic nitrogens is 1. The maximum atomic E-state index is 13.1. The van der Waals surface area contributed by atoms with Crippen molar-refractivity contribution in [1.29, 1.82) is 5.26 Å². The van der Waals surface area contributed by atoms with Crippen molar-refractivity contribution in [3.63, 3.8) is 0 Å². The number of amides is 2. The van der Waals surface area contributed by atoms with Gasteiger partial charge in [-0.3, -0.25) is 4.90 Å². The van der Waals surface area contributed by atoms with Crippen molar-refractivity contribution in [3.8, 4) is 6.07 Å². The number of fused-ring (bicyclic) bond motifs is 2. The van der Waals surface area contributed by atoms with E-state index in [0.717, 1.165) is 22.8 Å². The number of urea groups is 1. The van der Waals surface area contributed by atoms with Crippen molar-refractivity contribution in [2.24, 2.45) is 5.41 Å². The summed E-state index contributed by atoms with van der Waals surface area (Å²) in [5, 5.41) is 15.5. The molecule has 0 radical (unpaired) electrons. The number of hydrogen-bond donors (Lipinski definition) is 1. The molecular formula is C21H22N4O2S. The van der Waals surface area contributed by atoms with Crippen LogP contribution in [0.4, 0.5) is 10.5 Å². The van der Waals surface area contributed by atoms with Crippen molar-refractivity contribution < 1.29 is 9.53 Å². The minimum absolute atomic E-state index is 0.107. The minimum Gasteiger partial charge on any atom is -0.371 e. The topological polar surface area (TPSA) is 78.2 Å². The van der Waals surface area contributed by atoms with E-state index in [1.54, 1.807) is 11.3 Å². The number of nitrogens with zero attached hydrogens (tertiary/aromatic N) is 3. The van der Waals surface area contributed by atoms with Gasteiger partial charge in [0.1, 0.15) is 0 Å². The SMILES string of the molecule is Cc1csc(C2Cc3ccccc3N(C(=O)NCC34CC(C#N)(CO3)C4)C2)n1. The molecular weight excluding hydrogens is 372 g/mol. The number of nitrogens with one attached hydrogen (secondary N) is 1. The van der Waals surface area contributed by atoms with Gasteiger partial charge in [-0.25, -0.2) is 9.78 Å². The van der Waals surface area contributed by atoms with Gasteiger partial charge in [0, 0.05) is 35.8 Å². The Morgan fingerprint density at radius 1 is 1.46 bits per heavy atom. The number of hydrogen-bond acceptors (Lipinski definition) is 5. The Morgan fingerprint density at radius 3 is 3.00 bits per heavy atom. The monoisotopic (exact) mass is 394 g/mol. The highest BCUT2D eigenvalue weighted by Crippen LogP contribution is 2.57. The Balaban J connectivity index is 1.33. The van der Waals surface area contributed by atoms with E-state index in [1.807, 2.05) is 30.0 Å². The summed E-state index contributed by atoms with van der Waals surface area (Å²) in [5.74, 6) is 0.204. The van der Waals surface area contributed by atoms with Crippen molar-refractivity contribution in [1.82, 2.24) is 10.3 Å². The fourth-order valence-electron chi connectivity index (χ4n) is 4.81. The second kappa shape index (κ2) is 6.29. The molecule has 2 aromatic rings. The molecule has 144 valence electrons. The average Bonchev–Trinajstić information content (AvgIpc) is 3.38. The summed E-state index contributed by atoms with van der Waals surface area (Å²) < 4.78 is 5.85. The van der Waals surface area contributed by atoms with E-state index in [-0.39, 0.29) is 23.0 Å². The molecule has 1 atom stereocenters. The van der Waals surface area contributed by atoms with E-state index in [0.29, 0.717) is 32.5 Å². The number of benzene rings is 1. The lowest BCUT2D eigenvalue weighted by Gasteiger charge is -2.41. The van der Waals surface area contributed by atoms with Crippen LogP contribution in [0.2, 0.25) is 0 Å². The van der Waals surface area contributed by atoms with Gasteiger partial charge in [-0.1, -0.05) is 18.2 Å². The molecule has 1 unspecified atom stereocenters. The molecule has 1 aromatic heterocycles. The summed E-state index contributed by atoms with van der Waals surface area (Å²) in [4.78, 5) is 19.6. The van der Waals surface area contributed by atoms with Crippen molar-refractivity contribution >= 4 is 23.1 Å². The molecule has 4 aliphatic rings. The standard InChI is InChI=1S/C21H22N4O2S/c1-14-8-28-18(24-14)16-6-15-4-2-3-5-17(15)25(7-16)19(26)23-12-21-9-20(10-21,11-22)13-27-21/h2-5,8,16H,6-7,9-10,12-13H2,1H3,(H,23,26). The van der Waals surface area contributed by atoms with Gasteiger partial charge >= 0.3 is 6.03 Å². The van der Waals surface area contributed by atoms with Crippen LogP contribution in [0.3, 0.4) is 0 Å². The number of carbonyl (C=O) groups is 1. The second-order valence-corrected chi connectivity index (χ2v) is 9.23. The van der Waals surface area contributed by atoms with Gasteiger partial charge in [-0.05, 0) is 37.8 Å². The molecule has 2 bridgehead atoms. The second-order valence-electron chi connectivity index (χ2n) is 8.34. The van der Waals surface area contributed by atoms with Crippen LogP contribution >= 0.6 is 11.3 Å². The molecule has 1 N–H and O–H groups in total. The van der Waals surface area contributed by atoms with Crippen LogP contribution in [0.15, 0.2) is 29.6 Å². The fourth-order valence-corrected chi connectivity index (χ4v) is 5.70. The van der Waals surface area contributed by atoms with E-state index in [1.165, 1.54) is 5.56 Å². The molecule has 1 saturated carbocycles.